The fourth-order valence-electron chi connectivity index (χ4n) is 1.37. The molecule has 0 spiro atoms. The second kappa shape index (κ2) is 6.99. The smallest absolute Gasteiger partial charge is 0.123 e. The Hall–Kier alpha value is -0.450. The van der Waals surface area contributed by atoms with Crippen LogP contribution in [0.25, 0.3) is 0 Å². The van der Waals surface area contributed by atoms with Crippen LogP contribution in [0.4, 0.5) is 4.39 Å². The molecule has 0 aliphatic carbocycles. The summed E-state index contributed by atoms with van der Waals surface area (Å²) < 4.78 is 13.9. The first-order chi connectivity index (χ1) is 7.63. The number of benzene rings is 1. The zero-order valence-corrected chi connectivity index (χ0v) is 10.9. The average molecular weight is 290 g/mol. The lowest BCUT2D eigenvalue weighted by molar-refractivity contribution is 0.159. The highest BCUT2D eigenvalue weighted by atomic mass is 79.9. The van der Waals surface area contributed by atoms with Gasteiger partial charge in [-0.1, -0.05) is 22.9 Å². The number of hydrogen-bond acceptors (Lipinski definition) is 2. The van der Waals surface area contributed by atoms with Crippen LogP contribution in [-0.2, 0) is 6.54 Å². The van der Waals surface area contributed by atoms with Crippen molar-refractivity contribution in [2.45, 2.75) is 32.4 Å². The van der Waals surface area contributed by atoms with E-state index >= 15 is 0 Å². The Morgan fingerprint density at radius 2 is 2.25 bits per heavy atom. The molecule has 1 aromatic carbocycles. The molecule has 0 aliphatic rings. The minimum Gasteiger partial charge on any atom is -0.393 e. The molecule has 0 fully saturated rings. The van der Waals surface area contributed by atoms with E-state index in [1.807, 2.05) is 6.92 Å². The molecule has 0 saturated carbocycles. The molecular weight excluding hydrogens is 273 g/mol. The number of rotatable bonds is 6. The lowest BCUT2D eigenvalue weighted by Crippen LogP contribution is -2.20. The molecule has 1 rings (SSSR count). The molecule has 0 radical (unpaired) electrons. The summed E-state index contributed by atoms with van der Waals surface area (Å²) in [6.07, 6.45) is 1.25. The van der Waals surface area contributed by atoms with E-state index in [1.54, 1.807) is 6.07 Å². The van der Waals surface area contributed by atoms with Gasteiger partial charge in [0.05, 0.1) is 6.10 Å². The number of hydrogen-bond donors (Lipinski definition) is 2. The standard InChI is InChI=1S/C12H17BrFNO/c1-2-11(16)5-6-15-8-9-7-10(14)3-4-12(9)13/h3-4,7,11,15-16H,2,5-6,8H2,1H3. The predicted molar refractivity (Wildman–Crippen MR) is 66.7 cm³/mol. The number of nitrogens with one attached hydrogen (secondary N) is 1. The molecule has 2 nitrogen and oxygen atoms in total. The topological polar surface area (TPSA) is 32.3 Å². The number of aliphatic hydroxyl groups is 1. The van der Waals surface area contributed by atoms with Crippen molar-refractivity contribution in [1.82, 2.24) is 5.32 Å². The van der Waals surface area contributed by atoms with Crippen molar-refractivity contribution < 1.29 is 9.50 Å². The lowest BCUT2D eigenvalue weighted by atomic mass is 10.2. The highest BCUT2D eigenvalue weighted by Gasteiger charge is 2.03. The third-order valence-corrected chi connectivity index (χ3v) is 3.22. The first-order valence-electron chi connectivity index (χ1n) is 5.46. The monoisotopic (exact) mass is 289 g/mol. The van der Waals surface area contributed by atoms with Crippen molar-refractivity contribution in [2.75, 3.05) is 6.54 Å². The molecule has 90 valence electrons. The van der Waals surface area contributed by atoms with Gasteiger partial charge in [0.15, 0.2) is 0 Å². The van der Waals surface area contributed by atoms with E-state index < -0.39 is 0 Å². The van der Waals surface area contributed by atoms with Crippen LogP contribution in [0.1, 0.15) is 25.3 Å². The fourth-order valence-corrected chi connectivity index (χ4v) is 1.76. The van der Waals surface area contributed by atoms with Crippen LogP contribution in [-0.4, -0.2) is 17.8 Å². The predicted octanol–water partition coefficient (Wildman–Crippen LogP) is 2.84. The van der Waals surface area contributed by atoms with E-state index in [2.05, 4.69) is 21.2 Å². The van der Waals surface area contributed by atoms with Gasteiger partial charge in [0.2, 0.25) is 0 Å². The van der Waals surface area contributed by atoms with Crippen molar-refractivity contribution >= 4 is 15.9 Å². The van der Waals surface area contributed by atoms with Crippen LogP contribution < -0.4 is 5.32 Å². The van der Waals surface area contributed by atoms with Gasteiger partial charge in [-0.05, 0) is 43.1 Å². The maximum absolute atomic E-state index is 13.0. The summed E-state index contributed by atoms with van der Waals surface area (Å²) in [5.41, 5.74) is 0.894. The third-order valence-electron chi connectivity index (χ3n) is 2.45. The maximum atomic E-state index is 13.0. The average Bonchev–Trinajstić information content (AvgIpc) is 2.28. The van der Waals surface area contributed by atoms with Crippen molar-refractivity contribution in [2.24, 2.45) is 0 Å². The minimum absolute atomic E-state index is 0.228. The van der Waals surface area contributed by atoms with Gasteiger partial charge >= 0.3 is 0 Å². The molecule has 0 saturated heterocycles. The summed E-state index contributed by atoms with van der Waals surface area (Å²) in [6, 6.07) is 4.63. The molecule has 0 amide bonds. The quantitative estimate of drug-likeness (QED) is 0.790. The minimum atomic E-state index is -0.247. The van der Waals surface area contributed by atoms with Crippen LogP contribution in [0, 0.1) is 5.82 Å². The fraction of sp³-hybridized carbons (Fsp3) is 0.500. The zero-order valence-electron chi connectivity index (χ0n) is 9.34. The van der Waals surface area contributed by atoms with E-state index in [-0.39, 0.29) is 11.9 Å². The van der Waals surface area contributed by atoms with Crippen molar-refractivity contribution in [1.29, 1.82) is 0 Å². The van der Waals surface area contributed by atoms with Crippen LogP contribution in [0.5, 0.6) is 0 Å². The normalized spacial score (nSPS) is 12.8. The Kier molecular flexibility index (Phi) is 5.95. The van der Waals surface area contributed by atoms with Crippen molar-refractivity contribution in [3.63, 3.8) is 0 Å². The highest BCUT2D eigenvalue weighted by Crippen LogP contribution is 2.17. The summed E-state index contributed by atoms with van der Waals surface area (Å²) in [6.45, 7) is 3.29. The molecule has 2 N–H and O–H groups in total. The molecule has 4 heteroatoms. The molecule has 0 bridgehead atoms. The number of aliphatic hydroxyl groups excluding tert-OH is 1. The van der Waals surface area contributed by atoms with Gasteiger partial charge < -0.3 is 10.4 Å². The van der Waals surface area contributed by atoms with Crippen molar-refractivity contribution in [3.8, 4) is 0 Å². The summed E-state index contributed by atoms with van der Waals surface area (Å²) in [4.78, 5) is 0. The first-order valence-corrected chi connectivity index (χ1v) is 6.25. The van der Waals surface area contributed by atoms with Gasteiger partial charge in [0.1, 0.15) is 5.82 Å². The molecule has 0 aliphatic heterocycles. The third kappa shape index (κ3) is 4.60. The van der Waals surface area contributed by atoms with Gasteiger partial charge in [-0.15, -0.1) is 0 Å². The van der Waals surface area contributed by atoms with Gasteiger partial charge in [0.25, 0.3) is 0 Å². The second-order valence-corrected chi connectivity index (χ2v) is 4.62. The SMILES string of the molecule is CCC(O)CCNCc1cc(F)ccc1Br. The Bertz CT molecular complexity index is 333. The Morgan fingerprint density at radius 3 is 2.94 bits per heavy atom. The molecule has 16 heavy (non-hydrogen) atoms. The van der Waals surface area contributed by atoms with Crippen LogP contribution in [0.2, 0.25) is 0 Å². The van der Waals surface area contributed by atoms with Crippen molar-refractivity contribution in [3.05, 3.63) is 34.1 Å². The van der Waals surface area contributed by atoms with E-state index in [9.17, 15) is 9.50 Å². The molecule has 1 aromatic rings. The van der Waals surface area contributed by atoms with E-state index in [1.165, 1.54) is 12.1 Å². The summed E-state index contributed by atoms with van der Waals surface area (Å²) >= 11 is 3.37. The summed E-state index contributed by atoms with van der Waals surface area (Å²) in [5, 5.41) is 12.5. The van der Waals surface area contributed by atoms with E-state index in [0.29, 0.717) is 6.54 Å². The van der Waals surface area contributed by atoms with Gasteiger partial charge in [-0.2, -0.15) is 0 Å². The van der Waals surface area contributed by atoms with E-state index in [4.69, 9.17) is 0 Å². The second-order valence-electron chi connectivity index (χ2n) is 3.76. The molecule has 0 heterocycles. The number of halogens is 2. The zero-order chi connectivity index (χ0) is 12.0. The Labute approximate surface area is 104 Å². The van der Waals surface area contributed by atoms with Gasteiger partial charge in [0, 0.05) is 11.0 Å². The maximum Gasteiger partial charge on any atom is 0.123 e. The summed E-state index contributed by atoms with van der Waals surface area (Å²) in [5.74, 6) is -0.228. The molecule has 1 unspecified atom stereocenters. The van der Waals surface area contributed by atoms with Crippen LogP contribution in [0.3, 0.4) is 0 Å². The molecule has 0 aromatic heterocycles. The van der Waals surface area contributed by atoms with Gasteiger partial charge in [-0.3, -0.25) is 0 Å². The Morgan fingerprint density at radius 1 is 1.50 bits per heavy atom. The largest absolute Gasteiger partial charge is 0.393 e. The van der Waals surface area contributed by atoms with Crippen LogP contribution in [0.15, 0.2) is 22.7 Å². The van der Waals surface area contributed by atoms with E-state index in [0.717, 1.165) is 29.4 Å². The summed E-state index contributed by atoms with van der Waals surface area (Å²) in [7, 11) is 0. The lowest BCUT2D eigenvalue weighted by Gasteiger charge is -2.09. The highest BCUT2D eigenvalue weighted by molar-refractivity contribution is 9.10. The molecule has 1 atom stereocenters. The molecular formula is C12H17BrFNO. The van der Waals surface area contributed by atoms with Gasteiger partial charge in [-0.25, -0.2) is 4.39 Å². The first kappa shape index (κ1) is 13.6. The Balaban J connectivity index is 2.34. The van der Waals surface area contributed by atoms with Crippen LogP contribution >= 0.6 is 15.9 Å².